The third-order valence-electron chi connectivity index (χ3n) is 5.51. The highest BCUT2D eigenvalue weighted by molar-refractivity contribution is 7.80. The number of fused-ring (bicyclic) bond motifs is 1. The van der Waals surface area contributed by atoms with Crippen LogP contribution < -0.4 is 15.5 Å². The maximum atomic E-state index is 13.3. The highest BCUT2D eigenvalue weighted by atomic mass is 32.1. The Hall–Kier alpha value is -3.13. The van der Waals surface area contributed by atoms with Gasteiger partial charge in [0.25, 0.3) is 5.91 Å². The molecule has 4 nitrogen and oxygen atoms in total. The predicted molar refractivity (Wildman–Crippen MR) is 125 cm³/mol. The molecule has 1 fully saturated rings. The van der Waals surface area contributed by atoms with Crippen molar-refractivity contribution >= 4 is 45.4 Å². The van der Waals surface area contributed by atoms with Gasteiger partial charge in [0.2, 0.25) is 0 Å². The van der Waals surface area contributed by atoms with Gasteiger partial charge in [0.05, 0.1) is 16.9 Å². The molecular weight excluding hydrogens is 435 g/mol. The Kier molecular flexibility index (Phi) is 6.32. The molecule has 0 aliphatic carbocycles. The van der Waals surface area contributed by atoms with Gasteiger partial charge >= 0.3 is 6.18 Å². The summed E-state index contributed by atoms with van der Waals surface area (Å²) in [4.78, 5) is 14.7. The number of hydrogen-bond acceptors (Lipinski definition) is 3. The molecule has 0 aromatic heterocycles. The van der Waals surface area contributed by atoms with E-state index in [1.165, 1.54) is 6.07 Å². The van der Waals surface area contributed by atoms with Gasteiger partial charge in [-0.25, -0.2) is 0 Å². The average molecular weight is 458 g/mol. The normalized spacial score (nSPS) is 14.3. The Bertz CT molecular complexity index is 1160. The van der Waals surface area contributed by atoms with Gasteiger partial charge in [-0.3, -0.25) is 10.1 Å². The van der Waals surface area contributed by atoms with Gasteiger partial charge in [0.15, 0.2) is 5.11 Å². The number of nitrogens with zero attached hydrogens (tertiary/aromatic N) is 1. The Morgan fingerprint density at radius 2 is 1.62 bits per heavy atom. The summed E-state index contributed by atoms with van der Waals surface area (Å²) in [5.74, 6) is -0.431. The molecular formula is C24H22F3N3OS. The van der Waals surface area contributed by atoms with E-state index in [4.69, 9.17) is 12.2 Å². The Labute approximate surface area is 189 Å². The van der Waals surface area contributed by atoms with E-state index in [-0.39, 0.29) is 10.8 Å². The number of amides is 1. The molecule has 1 saturated heterocycles. The number of carbonyl (C=O) groups excluding carboxylic acids is 1. The summed E-state index contributed by atoms with van der Waals surface area (Å²) in [5, 5.41) is 7.25. The van der Waals surface area contributed by atoms with Crippen LogP contribution >= 0.6 is 12.2 Å². The Morgan fingerprint density at radius 1 is 0.906 bits per heavy atom. The fraction of sp³-hybridized carbons (Fsp3) is 0.250. The fourth-order valence-electron chi connectivity index (χ4n) is 3.88. The highest BCUT2D eigenvalue weighted by Crippen LogP contribution is 2.36. The van der Waals surface area contributed by atoms with Crippen LogP contribution in [0.3, 0.4) is 0 Å². The topological polar surface area (TPSA) is 44.4 Å². The average Bonchev–Trinajstić information content (AvgIpc) is 2.78. The molecule has 3 aromatic carbocycles. The first-order valence-corrected chi connectivity index (χ1v) is 10.8. The number of benzene rings is 3. The number of carbonyl (C=O) groups is 1. The van der Waals surface area contributed by atoms with E-state index in [0.717, 1.165) is 55.3 Å². The zero-order chi connectivity index (χ0) is 22.7. The van der Waals surface area contributed by atoms with Gasteiger partial charge in [-0.2, -0.15) is 13.2 Å². The summed E-state index contributed by atoms with van der Waals surface area (Å²) in [6.45, 7) is 1.52. The summed E-state index contributed by atoms with van der Waals surface area (Å²) in [7, 11) is 0. The molecule has 0 atom stereocenters. The largest absolute Gasteiger partial charge is 0.416 e. The van der Waals surface area contributed by atoms with Crippen LogP contribution in [0.4, 0.5) is 24.5 Å². The lowest BCUT2D eigenvalue weighted by Gasteiger charge is -2.31. The van der Waals surface area contributed by atoms with Gasteiger partial charge in [-0.15, -0.1) is 0 Å². The summed E-state index contributed by atoms with van der Waals surface area (Å²) >= 11 is 5.26. The number of nitrogens with one attached hydrogen (secondary N) is 2. The first-order chi connectivity index (χ1) is 15.3. The molecule has 0 spiro atoms. The lowest BCUT2D eigenvalue weighted by Crippen LogP contribution is -2.35. The van der Waals surface area contributed by atoms with E-state index in [2.05, 4.69) is 10.6 Å². The molecule has 1 amide bonds. The molecule has 8 heteroatoms. The molecule has 166 valence electrons. The first kappa shape index (κ1) is 22.1. The van der Waals surface area contributed by atoms with Crippen LogP contribution in [0.5, 0.6) is 0 Å². The van der Waals surface area contributed by atoms with Crippen LogP contribution in [-0.4, -0.2) is 24.1 Å². The van der Waals surface area contributed by atoms with E-state index in [0.29, 0.717) is 11.3 Å². The van der Waals surface area contributed by atoms with Crippen LogP contribution in [0.15, 0.2) is 60.7 Å². The SMILES string of the molecule is O=C(NC(=S)Nc1cc(C(F)(F)F)ccc1N1CCCCC1)c1ccc2ccccc2c1. The number of rotatable bonds is 3. The smallest absolute Gasteiger partial charge is 0.370 e. The van der Waals surface area contributed by atoms with E-state index in [1.54, 1.807) is 12.1 Å². The van der Waals surface area contributed by atoms with E-state index >= 15 is 0 Å². The zero-order valence-corrected chi connectivity index (χ0v) is 18.0. The van der Waals surface area contributed by atoms with Crippen LogP contribution in [0.1, 0.15) is 35.2 Å². The van der Waals surface area contributed by atoms with Crippen molar-refractivity contribution in [1.82, 2.24) is 5.32 Å². The molecule has 0 saturated carbocycles. The third-order valence-corrected chi connectivity index (χ3v) is 5.71. The van der Waals surface area contributed by atoms with Crippen molar-refractivity contribution in [3.05, 3.63) is 71.8 Å². The molecule has 0 unspecified atom stereocenters. The fourth-order valence-corrected chi connectivity index (χ4v) is 4.09. The second-order valence-corrected chi connectivity index (χ2v) is 8.16. The number of hydrogen-bond donors (Lipinski definition) is 2. The van der Waals surface area contributed by atoms with Gasteiger partial charge in [0, 0.05) is 18.7 Å². The molecule has 4 rings (SSSR count). The number of thiocarbonyl (C=S) groups is 1. The maximum Gasteiger partial charge on any atom is 0.416 e. The predicted octanol–water partition coefficient (Wildman–Crippen LogP) is 5.98. The van der Waals surface area contributed by atoms with Crippen molar-refractivity contribution in [1.29, 1.82) is 0 Å². The maximum absolute atomic E-state index is 13.3. The minimum Gasteiger partial charge on any atom is -0.370 e. The van der Waals surface area contributed by atoms with Crippen LogP contribution in [0.25, 0.3) is 10.8 Å². The molecule has 1 heterocycles. The zero-order valence-electron chi connectivity index (χ0n) is 17.2. The first-order valence-electron chi connectivity index (χ1n) is 10.4. The van der Waals surface area contributed by atoms with Crippen LogP contribution in [0, 0.1) is 0 Å². The summed E-state index contributed by atoms with van der Waals surface area (Å²) in [6, 6.07) is 16.5. The second kappa shape index (κ2) is 9.16. The summed E-state index contributed by atoms with van der Waals surface area (Å²) < 4.78 is 39.9. The molecule has 0 bridgehead atoms. The molecule has 2 N–H and O–H groups in total. The van der Waals surface area contributed by atoms with Crippen molar-refractivity contribution in [2.24, 2.45) is 0 Å². The van der Waals surface area contributed by atoms with E-state index in [1.807, 2.05) is 35.2 Å². The molecule has 1 aliphatic heterocycles. The van der Waals surface area contributed by atoms with Crippen LogP contribution in [-0.2, 0) is 6.18 Å². The third kappa shape index (κ3) is 5.02. The van der Waals surface area contributed by atoms with Crippen LogP contribution in [0.2, 0.25) is 0 Å². The standard InChI is InChI=1S/C24H22F3N3OS/c25-24(26,27)19-10-11-21(30-12-4-1-5-13-30)20(15-19)28-23(32)29-22(31)18-9-8-16-6-2-3-7-17(16)14-18/h2-3,6-11,14-15H,1,4-5,12-13H2,(H2,28,29,31,32). The van der Waals surface area contributed by atoms with Gasteiger partial charge in [-0.05, 0) is 72.6 Å². The number of halogens is 3. The van der Waals surface area contributed by atoms with Gasteiger partial charge in [-0.1, -0.05) is 30.3 Å². The number of alkyl halides is 3. The number of anilines is 2. The Morgan fingerprint density at radius 3 is 2.34 bits per heavy atom. The molecule has 0 radical (unpaired) electrons. The minimum absolute atomic E-state index is 0.0549. The monoisotopic (exact) mass is 457 g/mol. The molecule has 1 aliphatic rings. The number of piperidine rings is 1. The lowest BCUT2D eigenvalue weighted by molar-refractivity contribution is -0.137. The van der Waals surface area contributed by atoms with Crippen molar-refractivity contribution in [2.75, 3.05) is 23.3 Å². The van der Waals surface area contributed by atoms with Crippen molar-refractivity contribution in [2.45, 2.75) is 25.4 Å². The van der Waals surface area contributed by atoms with Gasteiger partial charge in [0.1, 0.15) is 0 Å². The minimum atomic E-state index is -4.48. The second-order valence-electron chi connectivity index (χ2n) is 7.75. The lowest BCUT2D eigenvalue weighted by atomic mass is 10.1. The van der Waals surface area contributed by atoms with Crippen molar-refractivity contribution < 1.29 is 18.0 Å². The van der Waals surface area contributed by atoms with Crippen molar-refractivity contribution in [3.63, 3.8) is 0 Å². The van der Waals surface area contributed by atoms with E-state index in [9.17, 15) is 18.0 Å². The molecule has 3 aromatic rings. The summed E-state index contributed by atoms with van der Waals surface area (Å²) in [6.07, 6.45) is -1.43. The summed E-state index contributed by atoms with van der Waals surface area (Å²) in [5.41, 5.74) is 0.503. The van der Waals surface area contributed by atoms with E-state index < -0.39 is 17.6 Å². The highest BCUT2D eigenvalue weighted by Gasteiger charge is 2.31. The van der Waals surface area contributed by atoms with Crippen molar-refractivity contribution in [3.8, 4) is 0 Å². The van der Waals surface area contributed by atoms with Gasteiger partial charge < -0.3 is 10.2 Å². The molecule has 32 heavy (non-hydrogen) atoms. The Balaban J connectivity index is 1.54. The quantitative estimate of drug-likeness (QED) is 0.475.